The van der Waals surface area contributed by atoms with E-state index in [4.69, 9.17) is 5.11 Å². The lowest BCUT2D eigenvalue weighted by atomic mass is 10.0. The van der Waals surface area contributed by atoms with Gasteiger partial charge in [-0.05, 0) is 41.7 Å². The molecule has 0 radical (unpaired) electrons. The second kappa shape index (κ2) is 7.13. The lowest BCUT2D eigenvalue weighted by Crippen LogP contribution is -2.47. The van der Waals surface area contributed by atoms with Gasteiger partial charge in [-0.3, -0.25) is 0 Å². The van der Waals surface area contributed by atoms with Gasteiger partial charge in [-0.1, -0.05) is 13.8 Å². The van der Waals surface area contributed by atoms with Crippen molar-refractivity contribution in [3.8, 4) is 0 Å². The van der Waals surface area contributed by atoms with Crippen molar-refractivity contribution in [2.75, 3.05) is 0 Å². The molecular weight excluding hydrogens is 264 g/mol. The summed E-state index contributed by atoms with van der Waals surface area (Å²) in [6.07, 6.45) is 0.412. The molecule has 0 bridgehead atoms. The van der Waals surface area contributed by atoms with Crippen molar-refractivity contribution in [1.82, 2.24) is 10.6 Å². The van der Waals surface area contributed by atoms with Crippen LogP contribution in [0.4, 0.5) is 4.79 Å². The molecule has 2 amide bonds. The summed E-state index contributed by atoms with van der Waals surface area (Å²) in [7, 11) is 0. The summed E-state index contributed by atoms with van der Waals surface area (Å²) in [6.45, 7) is 5.70. The molecular formula is C13H20N2O3S. The predicted molar refractivity (Wildman–Crippen MR) is 75.3 cm³/mol. The molecule has 2 unspecified atom stereocenters. The van der Waals surface area contributed by atoms with E-state index in [0.29, 0.717) is 6.42 Å². The zero-order valence-electron chi connectivity index (χ0n) is 11.3. The van der Waals surface area contributed by atoms with Crippen LogP contribution in [-0.2, 0) is 4.79 Å². The average molecular weight is 284 g/mol. The first-order valence-corrected chi connectivity index (χ1v) is 7.16. The van der Waals surface area contributed by atoms with Crippen molar-refractivity contribution in [3.63, 3.8) is 0 Å². The van der Waals surface area contributed by atoms with Crippen LogP contribution in [0.25, 0.3) is 0 Å². The van der Waals surface area contributed by atoms with Crippen LogP contribution < -0.4 is 10.6 Å². The van der Waals surface area contributed by atoms with Gasteiger partial charge < -0.3 is 15.7 Å². The first kappa shape index (κ1) is 15.5. The highest BCUT2D eigenvalue weighted by Gasteiger charge is 2.21. The molecule has 0 aromatic carbocycles. The fourth-order valence-electron chi connectivity index (χ4n) is 1.69. The first-order valence-electron chi connectivity index (χ1n) is 6.22. The number of thiophene rings is 1. The van der Waals surface area contributed by atoms with E-state index in [-0.39, 0.29) is 12.0 Å². The van der Waals surface area contributed by atoms with Crippen LogP contribution in [0.5, 0.6) is 0 Å². The van der Waals surface area contributed by atoms with E-state index in [0.717, 1.165) is 5.56 Å². The minimum absolute atomic E-state index is 0.139. The molecule has 5 nitrogen and oxygen atoms in total. The number of carbonyl (C=O) groups excluding carboxylic acids is 1. The monoisotopic (exact) mass is 284 g/mol. The Hall–Kier alpha value is -1.56. The standard InChI is InChI=1S/C13H20N2O3S/c1-8(2)6-11(12(16)17)15-13(18)14-9(3)10-4-5-19-7-10/h4-5,7-9,11H,6H2,1-3H3,(H,16,17)(H2,14,15,18). The molecule has 3 N–H and O–H groups in total. The summed E-state index contributed by atoms with van der Waals surface area (Å²) >= 11 is 1.56. The molecule has 0 aliphatic rings. The maximum atomic E-state index is 11.8. The number of rotatable bonds is 6. The summed E-state index contributed by atoms with van der Waals surface area (Å²) in [5, 5.41) is 18.2. The zero-order chi connectivity index (χ0) is 14.4. The molecule has 0 saturated heterocycles. The third kappa shape index (κ3) is 5.30. The van der Waals surface area contributed by atoms with Crippen LogP contribution in [0.1, 0.15) is 38.8 Å². The number of carbonyl (C=O) groups is 2. The SMILES string of the molecule is CC(C)CC(NC(=O)NC(C)c1ccsc1)C(=O)O. The Bertz CT molecular complexity index is 418. The Morgan fingerprint density at radius 1 is 1.32 bits per heavy atom. The molecule has 19 heavy (non-hydrogen) atoms. The van der Waals surface area contributed by atoms with Crippen molar-refractivity contribution in [2.45, 2.75) is 39.3 Å². The van der Waals surface area contributed by atoms with Crippen molar-refractivity contribution in [1.29, 1.82) is 0 Å². The van der Waals surface area contributed by atoms with Gasteiger partial charge in [-0.25, -0.2) is 9.59 Å². The number of hydrogen-bond donors (Lipinski definition) is 3. The first-order chi connectivity index (χ1) is 8.90. The van der Waals surface area contributed by atoms with E-state index >= 15 is 0 Å². The molecule has 2 atom stereocenters. The largest absolute Gasteiger partial charge is 0.480 e. The van der Waals surface area contributed by atoms with Gasteiger partial charge in [0.05, 0.1) is 6.04 Å². The summed E-state index contributed by atoms with van der Waals surface area (Å²) in [6, 6.07) is 0.486. The summed E-state index contributed by atoms with van der Waals surface area (Å²) in [5.41, 5.74) is 1.01. The normalized spacial score (nSPS) is 13.9. The van der Waals surface area contributed by atoms with E-state index < -0.39 is 18.0 Å². The number of carboxylic acid groups (broad SMARTS) is 1. The van der Waals surface area contributed by atoms with E-state index in [1.165, 1.54) is 0 Å². The number of carboxylic acids is 1. The Kier molecular flexibility index (Phi) is 5.82. The lowest BCUT2D eigenvalue weighted by Gasteiger charge is -2.19. The highest BCUT2D eigenvalue weighted by Crippen LogP contribution is 2.15. The minimum atomic E-state index is -1.01. The molecule has 1 heterocycles. The Morgan fingerprint density at radius 3 is 2.47 bits per heavy atom. The third-order valence-corrected chi connectivity index (χ3v) is 3.40. The van der Waals surface area contributed by atoms with Gasteiger partial charge in [0.15, 0.2) is 0 Å². The van der Waals surface area contributed by atoms with E-state index in [1.807, 2.05) is 37.6 Å². The number of nitrogens with one attached hydrogen (secondary N) is 2. The zero-order valence-corrected chi connectivity index (χ0v) is 12.2. The smallest absolute Gasteiger partial charge is 0.326 e. The van der Waals surface area contributed by atoms with E-state index in [9.17, 15) is 9.59 Å². The third-order valence-electron chi connectivity index (χ3n) is 2.70. The molecule has 1 rings (SSSR count). The number of amides is 2. The van der Waals surface area contributed by atoms with Crippen LogP contribution in [0.15, 0.2) is 16.8 Å². The highest BCUT2D eigenvalue weighted by atomic mass is 32.1. The summed E-state index contributed by atoms with van der Waals surface area (Å²) in [4.78, 5) is 22.8. The van der Waals surface area contributed by atoms with Gasteiger partial charge in [0.2, 0.25) is 0 Å². The van der Waals surface area contributed by atoms with Gasteiger partial charge in [0, 0.05) is 0 Å². The average Bonchev–Trinajstić information content (AvgIpc) is 2.80. The Balaban J connectivity index is 2.51. The van der Waals surface area contributed by atoms with Crippen LogP contribution in [0.3, 0.4) is 0 Å². The fraction of sp³-hybridized carbons (Fsp3) is 0.538. The van der Waals surface area contributed by atoms with Crippen molar-refractivity contribution < 1.29 is 14.7 Å². The van der Waals surface area contributed by atoms with Crippen LogP contribution in [0, 0.1) is 5.92 Å². The molecule has 0 fully saturated rings. The molecule has 0 saturated carbocycles. The molecule has 6 heteroatoms. The predicted octanol–water partition coefficient (Wildman–Crippen LogP) is 2.61. The molecule has 1 aromatic heterocycles. The maximum absolute atomic E-state index is 11.8. The summed E-state index contributed by atoms with van der Waals surface area (Å²) in [5.74, 6) is -0.803. The van der Waals surface area contributed by atoms with Crippen LogP contribution in [-0.4, -0.2) is 23.1 Å². The second-order valence-electron chi connectivity index (χ2n) is 4.92. The molecule has 0 aliphatic heterocycles. The number of urea groups is 1. The quantitative estimate of drug-likeness (QED) is 0.751. The topological polar surface area (TPSA) is 78.4 Å². The van der Waals surface area contributed by atoms with Crippen molar-refractivity contribution in [2.24, 2.45) is 5.92 Å². The Labute approximate surface area is 117 Å². The minimum Gasteiger partial charge on any atom is -0.480 e. The number of aliphatic carboxylic acids is 1. The second-order valence-corrected chi connectivity index (χ2v) is 5.70. The van der Waals surface area contributed by atoms with Gasteiger partial charge in [0.25, 0.3) is 0 Å². The fourth-order valence-corrected chi connectivity index (χ4v) is 2.45. The van der Waals surface area contributed by atoms with Crippen molar-refractivity contribution in [3.05, 3.63) is 22.4 Å². The molecule has 106 valence electrons. The van der Waals surface area contributed by atoms with E-state index in [2.05, 4.69) is 10.6 Å². The van der Waals surface area contributed by atoms with Gasteiger partial charge in [-0.2, -0.15) is 11.3 Å². The molecule has 0 aliphatic carbocycles. The van der Waals surface area contributed by atoms with Crippen molar-refractivity contribution >= 4 is 23.3 Å². The maximum Gasteiger partial charge on any atom is 0.326 e. The van der Waals surface area contributed by atoms with Gasteiger partial charge in [0.1, 0.15) is 6.04 Å². The van der Waals surface area contributed by atoms with E-state index in [1.54, 1.807) is 11.3 Å². The van der Waals surface area contributed by atoms with Gasteiger partial charge >= 0.3 is 12.0 Å². The van der Waals surface area contributed by atoms with Crippen LogP contribution in [0.2, 0.25) is 0 Å². The Morgan fingerprint density at radius 2 is 2.00 bits per heavy atom. The van der Waals surface area contributed by atoms with Crippen LogP contribution >= 0.6 is 11.3 Å². The lowest BCUT2D eigenvalue weighted by molar-refractivity contribution is -0.139. The molecule has 0 spiro atoms. The summed E-state index contributed by atoms with van der Waals surface area (Å²) < 4.78 is 0. The highest BCUT2D eigenvalue weighted by molar-refractivity contribution is 7.07. The number of hydrogen-bond acceptors (Lipinski definition) is 3. The van der Waals surface area contributed by atoms with Gasteiger partial charge in [-0.15, -0.1) is 0 Å². The molecule has 1 aromatic rings.